The van der Waals surface area contributed by atoms with E-state index in [-0.39, 0.29) is 22.5 Å². The van der Waals surface area contributed by atoms with E-state index >= 15 is 0 Å². The third kappa shape index (κ3) is 6.06. The normalized spacial score (nSPS) is 13.1. The predicted molar refractivity (Wildman–Crippen MR) is 41.6 cm³/mol. The summed E-state index contributed by atoms with van der Waals surface area (Å²) in [6.07, 6.45) is -6.19. The van der Waals surface area contributed by atoms with Crippen LogP contribution in [0, 0.1) is 0 Å². The molecule has 0 atom stereocenters. The van der Waals surface area contributed by atoms with Gasteiger partial charge in [0.2, 0.25) is 0 Å². The first kappa shape index (κ1) is 19.5. The van der Waals surface area contributed by atoms with Crippen molar-refractivity contribution in [2.75, 3.05) is 14.2 Å². The van der Waals surface area contributed by atoms with E-state index in [9.17, 15) is 30.7 Å². The molecule has 0 rings (SSSR count). The molecule has 103 valence electrons. The zero-order valence-electron chi connectivity index (χ0n) is 8.58. The summed E-state index contributed by atoms with van der Waals surface area (Å²) in [6, 6.07) is 0. The minimum absolute atomic E-state index is 0.0755. The van der Waals surface area contributed by atoms with Crippen molar-refractivity contribution in [1.82, 2.24) is 0 Å². The van der Waals surface area contributed by atoms with E-state index in [2.05, 4.69) is 14.8 Å². The molecule has 0 bridgehead atoms. The van der Waals surface area contributed by atoms with Crippen LogP contribution in [0.15, 0.2) is 0 Å². The number of hydrogen-bond acceptors (Lipinski definition) is 3. The standard InChI is InChI=1S/C4H2F7.C2H6O3.Sn/c1-2(5,6)3(7,8)4(9,10)11;1-3-5-4-2;/h1H2;1-2H3;. The average molecular weight is 380 g/mol. The fourth-order valence-corrected chi connectivity index (χ4v) is 1.02. The summed E-state index contributed by atoms with van der Waals surface area (Å²) >= 11 is -0.0755. The van der Waals surface area contributed by atoms with Crippen LogP contribution < -0.4 is 0 Å². The molecule has 3 nitrogen and oxygen atoms in total. The molecule has 0 unspecified atom stereocenters. The molecule has 0 aromatic heterocycles. The Kier molecular flexibility index (Phi) is 8.71. The van der Waals surface area contributed by atoms with Crippen molar-refractivity contribution in [1.29, 1.82) is 0 Å². The molecule has 0 fully saturated rings. The second kappa shape index (κ2) is 7.59. The summed E-state index contributed by atoms with van der Waals surface area (Å²) in [5.74, 6) is -10.9. The number of halogens is 7. The molecular formula is C6H8F7O3Sn. The Labute approximate surface area is 105 Å². The molecule has 0 aliphatic heterocycles. The van der Waals surface area contributed by atoms with Gasteiger partial charge in [0, 0.05) is 0 Å². The molecule has 0 aromatic rings. The molecule has 17 heavy (non-hydrogen) atoms. The molecule has 0 aliphatic carbocycles. The summed E-state index contributed by atoms with van der Waals surface area (Å²) in [4.78, 5) is 7.94. The van der Waals surface area contributed by atoms with Gasteiger partial charge in [-0.1, -0.05) is 5.04 Å². The van der Waals surface area contributed by atoms with Crippen molar-refractivity contribution >= 4 is 22.5 Å². The van der Waals surface area contributed by atoms with Crippen LogP contribution in [0.2, 0.25) is 4.44 Å². The maximum atomic E-state index is 12.0. The van der Waals surface area contributed by atoms with Gasteiger partial charge < -0.3 is 0 Å². The Morgan fingerprint density at radius 2 is 1.24 bits per heavy atom. The first-order valence-electron chi connectivity index (χ1n) is 3.68. The quantitative estimate of drug-likeness (QED) is 0.325. The van der Waals surface area contributed by atoms with Crippen molar-refractivity contribution < 1.29 is 45.5 Å². The predicted octanol–water partition coefficient (Wildman–Crippen LogP) is 2.53. The summed E-state index contributed by atoms with van der Waals surface area (Å²) in [5, 5.41) is 3.83. The third-order valence-corrected chi connectivity index (χ3v) is 2.44. The van der Waals surface area contributed by atoms with Crippen LogP contribution in [0.3, 0.4) is 0 Å². The van der Waals surface area contributed by atoms with E-state index in [4.69, 9.17) is 0 Å². The fourth-order valence-electron chi connectivity index (χ4n) is 0.386. The van der Waals surface area contributed by atoms with Crippen LogP contribution in [-0.2, 0) is 14.8 Å². The van der Waals surface area contributed by atoms with Gasteiger partial charge in [0.25, 0.3) is 0 Å². The van der Waals surface area contributed by atoms with Crippen LogP contribution in [0.5, 0.6) is 0 Å². The Morgan fingerprint density at radius 1 is 0.882 bits per heavy atom. The number of rotatable bonds is 4. The van der Waals surface area contributed by atoms with Crippen molar-refractivity contribution in [2.24, 2.45) is 0 Å². The zero-order valence-corrected chi connectivity index (χ0v) is 11.4. The van der Waals surface area contributed by atoms with E-state index in [1.54, 1.807) is 0 Å². The van der Waals surface area contributed by atoms with E-state index < -0.39 is 22.5 Å². The number of alkyl halides is 7. The molecule has 3 radical (unpaired) electrons. The molecule has 0 N–H and O–H groups in total. The Morgan fingerprint density at radius 3 is 1.29 bits per heavy atom. The second-order valence-electron chi connectivity index (χ2n) is 2.35. The van der Waals surface area contributed by atoms with Gasteiger partial charge in [-0.05, 0) is 0 Å². The minimum atomic E-state index is -6.19. The Bertz CT molecular complexity index is 206. The van der Waals surface area contributed by atoms with E-state index in [1.807, 2.05) is 0 Å². The van der Waals surface area contributed by atoms with Crippen molar-refractivity contribution in [3.63, 3.8) is 0 Å². The Hall–Kier alpha value is 0.189. The van der Waals surface area contributed by atoms with Gasteiger partial charge in [0.1, 0.15) is 0 Å². The van der Waals surface area contributed by atoms with Gasteiger partial charge in [-0.15, -0.1) is 0 Å². The van der Waals surface area contributed by atoms with Crippen LogP contribution in [0.4, 0.5) is 30.7 Å². The monoisotopic (exact) mass is 381 g/mol. The van der Waals surface area contributed by atoms with E-state index in [0.717, 1.165) is 0 Å². The van der Waals surface area contributed by atoms with Crippen LogP contribution in [0.25, 0.3) is 0 Å². The maximum absolute atomic E-state index is 12.0. The molecule has 0 aromatic carbocycles. The van der Waals surface area contributed by atoms with Crippen molar-refractivity contribution in [2.45, 2.75) is 22.5 Å². The average Bonchev–Trinajstić information content (AvgIpc) is 2.18. The molecule has 0 saturated carbocycles. The summed E-state index contributed by atoms with van der Waals surface area (Å²) in [6.45, 7) is 0. The fraction of sp³-hybridized carbons (Fsp3) is 1.00. The van der Waals surface area contributed by atoms with Gasteiger partial charge in [-0.3, -0.25) is 0 Å². The van der Waals surface area contributed by atoms with Crippen LogP contribution >= 0.6 is 0 Å². The van der Waals surface area contributed by atoms with Crippen LogP contribution in [-0.4, -0.2) is 54.8 Å². The molecule has 0 aliphatic rings. The summed E-state index contributed by atoms with van der Waals surface area (Å²) in [7, 11) is 2.73. The van der Waals surface area contributed by atoms with Gasteiger partial charge in [-0.2, -0.15) is 0 Å². The zero-order chi connectivity index (χ0) is 14.3. The second-order valence-corrected chi connectivity index (χ2v) is 3.36. The first-order valence-corrected chi connectivity index (χ1v) is 5.70. The topological polar surface area (TPSA) is 27.7 Å². The molecule has 0 amide bonds. The van der Waals surface area contributed by atoms with Gasteiger partial charge >= 0.3 is 75.7 Å². The molecule has 0 heterocycles. The van der Waals surface area contributed by atoms with Gasteiger partial charge in [0.15, 0.2) is 0 Å². The van der Waals surface area contributed by atoms with Crippen molar-refractivity contribution in [3.05, 3.63) is 0 Å². The van der Waals surface area contributed by atoms with Crippen LogP contribution in [0.1, 0.15) is 0 Å². The molecule has 0 spiro atoms. The van der Waals surface area contributed by atoms with E-state index in [0.29, 0.717) is 0 Å². The summed E-state index contributed by atoms with van der Waals surface area (Å²) < 4.78 is 80.1. The van der Waals surface area contributed by atoms with E-state index in [1.165, 1.54) is 14.2 Å². The van der Waals surface area contributed by atoms with Crippen molar-refractivity contribution in [3.8, 4) is 0 Å². The molecular weight excluding hydrogens is 372 g/mol. The summed E-state index contributed by atoms with van der Waals surface area (Å²) in [5.41, 5.74) is 0. The first-order chi connectivity index (χ1) is 7.47. The Balaban J connectivity index is 0. The number of hydrogen-bond donors (Lipinski definition) is 0. The molecule has 11 heteroatoms. The van der Waals surface area contributed by atoms with Gasteiger partial charge in [0.05, 0.1) is 14.2 Å². The SMILES string of the molecule is COOOC.FC(F)(F)C(F)(F)C(F)(F)[CH2][Sn]. The third-order valence-electron chi connectivity index (χ3n) is 1.17. The van der Waals surface area contributed by atoms with Gasteiger partial charge in [-0.25, -0.2) is 9.78 Å². The molecule has 0 saturated heterocycles.